The number of hydrogen-bond acceptors (Lipinski definition) is 3. The number of carbonyl (C=O) groups excluding carboxylic acids is 1. The normalized spacial score (nSPS) is 28.0. The largest absolute Gasteiger partial charge is 0.337 e. The molecule has 1 fully saturated rings. The number of nitrogens with two attached hydrogens (primary N) is 1. The molecule has 1 aliphatic heterocycles. The summed E-state index contributed by atoms with van der Waals surface area (Å²) in [5, 5.41) is 0. The first-order valence-corrected chi connectivity index (χ1v) is 8.90. The molecule has 0 aromatic carbocycles. The van der Waals surface area contributed by atoms with Crippen molar-refractivity contribution in [3.05, 3.63) is 28.0 Å². The Morgan fingerprint density at radius 2 is 2.32 bits per heavy atom. The van der Waals surface area contributed by atoms with Gasteiger partial charge in [-0.1, -0.05) is 13.8 Å². The molecule has 5 heteroatoms. The lowest BCUT2D eigenvalue weighted by atomic mass is 9.74. The van der Waals surface area contributed by atoms with Crippen molar-refractivity contribution in [3.8, 4) is 0 Å². The van der Waals surface area contributed by atoms with Crippen LogP contribution in [0.15, 0.2) is 16.7 Å². The van der Waals surface area contributed by atoms with Crippen LogP contribution in [0.1, 0.15) is 44.4 Å². The Bertz CT molecular complexity index is 589. The van der Waals surface area contributed by atoms with Gasteiger partial charge in [-0.3, -0.25) is 9.78 Å². The third-order valence-corrected chi connectivity index (χ3v) is 5.85. The van der Waals surface area contributed by atoms with E-state index in [4.69, 9.17) is 5.73 Å². The molecule has 2 heterocycles. The van der Waals surface area contributed by atoms with Crippen molar-refractivity contribution in [1.29, 1.82) is 0 Å². The van der Waals surface area contributed by atoms with Crippen LogP contribution in [0.3, 0.4) is 0 Å². The molecular formula is C17H24BrN3O. The van der Waals surface area contributed by atoms with Gasteiger partial charge >= 0.3 is 0 Å². The van der Waals surface area contributed by atoms with Crippen LogP contribution in [-0.4, -0.2) is 28.4 Å². The first kappa shape index (κ1) is 15.9. The summed E-state index contributed by atoms with van der Waals surface area (Å²) in [5.74, 6) is 0.622. The summed E-state index contributed by atoms with van der Waals surface area (Å²) in [7, 11) is 0. The minimum absolute atomic E-state index is 0.166. The van der Waals surface area contributed by atoms with E-state index in [9.17, 15) is 4.79 Å². The van der Waals surface area contributed by atoms with E-state index in [1.54, 1.807) is 0 Å². The maximum atomic E-state index is 13.2. The number of halogens is 1. The summed E-state index contributed by atoms with van der Waals surface area (Å²) in [6, 6.07) is 2.25. The maximum absolute atomic E-state index is 13.2. The minimum Gasteiger partial charge on any atom is -0.337 e. The fraction of sp³-hybridized carbons (Fsp3) is 0.647. The van der Waals surface area contributed by atoms with Crippen LogP contribution in [-0.2, 0) is 17.8 Å². The van der Waals surface area contributed by atoms with Crippen LogP contribution < -0.4 is 5.73 Å². The van der Waals surface area contributed by atoms with Crippen molar-refractivity contribution in [2.45, 2.75) is 52.1 Å². The predicted molar refractivity (Wildman–Crippen MR) is 90.2 cm³/mol. The zero-order valence-electron chi connectivity index (χ0n) is 13.3. The zero-order valence-corrected chi connectivity index (χ0v) is 14.9. The van der Waals surface area contributed by atoms with E-state index in [0.717, 1.165) is 48.0 Å². The Balaban J connectivity index is 1.84. The summed E-state index contributed by atoms with van der Waals surface area (Å²) in [5.41, 5.74) is 8.14. The van der Waals surface area contributed by atoms with Crippen LogP contribution in [0.25, 0.3) is 0 Å². The fourth-order valence-electron chi connectivity index (χ4n) is 3.97. The molecular weight excluding hydrogens is 342 g/mol. The monoisotopic (exact) mass is 365 g/mol. The molecule has 120 valence electrons. The SMILES string of the molecule is CC(C)C1(C(=O)N2CCc3ncc(Br)cc3C2)CCC(N)C1. The lowest BCUT2D eigenvalue weighted by Gasteiger charge is -2.39. The molecule has 2 atom stereocenters. The van der Waals surface area contributed by atoms with Gasteiger partial charge in [0.1, 0.15) is 0 Å². The van der Waals surface area contributed by atoms with Crippen LogP contribution >= 0.6 is 15.9 Å². The van der Waals surface area contributed by atoms with Gasteiger partial charge in [0.25, 0.3) is 0 Å². The molecule has 2 N–H and O–H groups in total. The Kier molecular flexibility index (Phi) is 4.29. The highest BCUT2D eigenvalue weighted by atomic mass is 79.9. The van der Waals surface area contributed by atoms with Gasteiger partial charge in [-0.15, -0.1) is 0 Å². The molecule has 1 amide bonds. The van der Waals surface area contributed by atoms with Gasteiger partial charge in [0, 0.05) is 41.9 Å². The first-order valence-electron chi connectivity index (χ1n) is 8.10. The van der Waals surface area contributed by atoms with Crippen LogP contribution in [0.2, 0.25) is 0 Å². The van der Waals surface area contributed by atoms with Gasteiger partial charge in [0.15, 0.2) is 0 Å². The molecule has 1 aromatic heterocycles. The van der Waals surface area contributed by atoms with E-state index in [2.05, 4.69) is 40.8 Å². The van der Waals surface area contributed by atoms with Crippen LogP contribution in [0, 0.1) is 11.3 Å². The Labute approximate surface area is 140 Å². The van der Waals surface area contributed by atoms with Crippen molar-refractivity contribution >= 4 is 21.8 Å². The van der Waals surface area contributed by atoms with Crippen molar-refractivity contribution in [2.75, 3.05) is 6.54 Å². The van der Waals surface area contributed by atoms with Crippen LogP contribution in [0.5, 0.6) is 0 Å². The Morgan fingerprint density at radius 3 is 2.95 bits per heavy atom. The topological polar surface area (TPSA) is 59.2 Å². The summed E-state index contributed by atoms with van der Waals surface area (Å²) >= 11 is 3.47. The van der Waals surface area contributed by atoms with Crippen molar-refractivity contribution in [1.82, 2.24) is 9.88 Å². The quantitative estimate of drug-likeness (QED) is 0.876. The zero-order chi connectivity index (χ0) is 15.9. The van der Waals surface area contributed by atoms with Gasteiger partial charge in [-0.25, -0.2) is 0 Å². The van der Waals surface area contributed by atoms with Gasteiger partial charge in [-0.2, -0.15) is 0 Å². The van der Waals surface area contributed by atoms with Gasteiger partial charge in [0.05, 0.1) is 5.41 Å². The van der Waals surface area contributed by atoms with E-state index in [0.29, 0.717) is 18.4 Å². The van der Waals surface area contributed by atoms with Crippen molar-refractivity contribution in [2.24, 2.45) is 17.1 Å². The van der Waals surface area contributed by atoms with E-state index >= 15 is 0 Å². The number of nitrogens with zero attached hydrogens (tertiary/aromatic N) is 2. The summed E-state index contributed by atoms with van der Waals surface area (Å²) in [6.07, 6.45) is 5.38. The molecule has 2 aliphatic rings. The average molecular weight is 366 g/mol. The highest BCUT2D eigenvalue weighted by molar-refractivity contribution is 9.10. The second kappa shape index (κ2) is 5.93. The lowest BCUT2D eigenvalue weighted by molar-refractivity contribution is -0.145. The molecule has 4 nitrogen and oxygen atoms in total. The summed E-state index contributed by atoms with van der Waals surface area (Å²) in [6.45, 7) is 5.76. The number of pyridine rings is 1. The maximum Gasteiger partial charge on any atom is 0.229 e. The Morgan fingerprint density at radius 1 is 1.55 bits per heavy atom. The smallest absolute Gasteiger partial charge is 0.229 e. The fourth-order valence-corrected chi connectivity index (χ4v) is 4.34. The molecule has 1 aromatic rings. The highest BCUT2D eigenvalue weighted by Crippen LogP contribution is 2.45. The third kappa shape index (κ3) is 2.69. The van der Waals surface area contributed by atoms with Gasteiger partial charge in [0.2, 0.25) is 5.91 Å². The Hall–Kier alpha value is -0.940. The standard InChI is InChI=1S/C17H24BrN3O/c1-11(2)17(5-3-14(19)8-17)16(22)21-6-4-15-12(10-21)7-13(18)9-20-15/h7,9,11,14H,3-6,8,10,19H2,1-2H3. The number of carbonyl (C=O) groups is 1. The number of amides is 1. The van der Waals surface area contributed by atoms with Gasteiger partial charge in [-0.05, 0) is 52.7 Å². The molecule has 0 radical (unpaired) electrons. The van der Waals surface area contributed by atoms with E-state index in [1.165, 1.54) is 0 Å². The minimum atomic E-state index is -0.267. The molecule has 0 saturated heterocycles. The highest BCUT2D eigenvalue weighted by Gasteiger charge is 2.48. The summed E-state index contributed by atoms with van der Waals surface area (Å²) in [4.78, 5) is 19.7. The number of rotatable bonds is 2. The second-order valence-corrected chi connectivity index (χ2v) is 7.97. The third-order valence-electron chi connectivity index (χ3n) is 5.41. The van der Waals surface area contributed by atoms with Gasteiger partial charge < -0.3 is 10.6 Å². The molecule has 0 spiro atoms. The van der Waals surface area contributed by atoms with Crippen LogP contribution in [0.4, 0.5) is 0 Å². The molecule has 1 aliphatic carbocycles. The second-order valence-electron chi connectivity index (χ2n) is 7.05. The predicted octanol–water partition coefficient (Wildman–Crippen LogP) is 2.88. The number of fused-ring (bicyclic) bond motifs is 1. The molecule has 3 rings (SSSR count). The molecule has 2 unspecified atom stereocenters. The van der Waals surface area contributed by atoms with Crippen molar-refractivity contribution < 1.29 is 4.79 Å². The number of hydrogen-bond donors (Lipinski definition) is 1. The van der Waals surface area contributed by atoms with E-state index in [1.807, 2.05) is 11.1 Å². The van der Waals surface area contributed by atoms with E-state index < -0.39 is 0 Å². The molecule has 1 saturated carbocycles. The van der Waals surface area contributed by atoms with E-state index in [-0.39, 0.29) is 11.5 Å². The lowest BCUT2D eigenvalue weighted by Crippen LogP contribution is -2.48. The molecule has 0 bridgehead atoms. The number of aromatic nitrogens is 1. The molecule has 22 heavy (non-hydrogen) atoms. The first-order chi connectivity index (χ1) is 10.4. The summed E-state index contributed by atoms with van der Waals surface area (Å²) < 4.78 is 0.974. The van der Waals surface area contributed by atoms with Crippen molar-refractivity contribution in [3.63, 3.8) is 0 Å². The average Bonchev–Trinajstić information content (AvgIpc) is 2.89.